The summed E-state index contributed by atoms with van der Waals surface area (Å²) in [6, 6.07) is 17.5. The highest BCUT2D eigenvalue weighted by Crippen LogP contribution is 2.31. The highest BCUT2D eigenvalue weighted by molar-refractivity contribution is 8.00. The molecule has 0 unspecified atom stereocenters. The minimum Gasteiger partial charge on any atom is -0.495 e. The first-order chi connectivity index (χ1) is 14.9. The first kappa shape index (κ1) is 23.0. The fraction of sp³-hybridized carbons (Fsp3) is 0.130. The standard InChI is InChI=1S/C23H20Cl2N2O3S/c1-14-9-20(21(30-2)12-19(14)25)27-22(28)13-31-18-8-4-7-17(11-18)26-23(29)15-5-3-6-16(24)10-15/h3-12H,13H2,1-2H3,(H,26,29)(H,27,28). The van der Waals surface area contributed by atoms with Crippen molar-refractivity contribution >= 4 is 58.2 Å². The number of benzene rings is 3. The molecule has 0 spiro atoms. The largest absolute Gasteiger partial charge is 0.495 e. The number of hydrogen-bond acceptors (Lipinski definition) is 4. The molecule has 8 heteroatoms. The summed E-state index contributed by atoms with van der Waals surface area (Å²) < 4.78 is 5.29. The average molecular weight is 475 g/mol. The maximum Gasteiger partial charge on any atom is 0.255 e. The Morgan fingerprint density at radius 3 is 2.52 bits per heavy atom. The molecule has 0 atom stereocenters. The van der Waals surface area contributed by atoms with E-state index in [9.17, 15) is 9.59 Å². The molecule has 0 saturated carbocycles. The Morgan fingerprint density at radius 2 is 1.77 bits per heavy atom. The van der Waals surface area contributed by atoms with Crippen molar-refractivity contribution in [1.29, 1.82) is 0 Å². The number of hydrogen-bond donors (Lipinski definition) is 2. The molecule has 160 valence electrons. The average Bonchev–Trinajstić information content (AvgIpc) is 2.75. The van der Waals surface area contributed by atoms with Crippen LogP contribution in [0.25, 0.3) is 0 Å². The van der Waals surface area contributed by atoms with Crippen molar-refractivity contribution in [3.05, 3.63) is 81.8 Å². The minimum atomic E-state index is -0.257. The van der Waals surface area contributed by atoms with Crippen LogP contribution in [0.15, 0.2) is 65.6 Å². The predicted octanol–water partition coefficient (Wildman–Crippen LogP) is 6.29. The number of methoxy groups -OCH3 is 1. The first-order valence-corrected chi connectivity index (χ1v) is 11.0. The zero-order valence-electron chi connectivity index (χ0n) is 16.9. The molecule has 0 saturated heterocycles. The molecular formula is C23H20Cl2N2O3S. The molecule has 0 aliphatic rings. The van der Waals surface area contributed by atoms with Gasteiger partial charge in [-0.05, 0) is 55.0 Å². The lowest BCUT2D eigenvalue weighted by atomic mass is 10.2. The number of anilines is 2. The quantitative estimate of drug-likeness (QED) is 0.394. The van der Waals surface area contributed by atoms with Crippen LogP contribution in [-0.2, 0) is 4.79 Å². The van der Waals surface area contributed by atoms with Crippen LogP contribution in [-0.4, -0.2) is 24.7 Å². The highest BCUT2D eigenvalue weighted by Gasteiger charge is 2.12. The molecule has 0 aliphatic heterocycles. The molecule has 5 nitrogen and oxygen atoms in total. The number of carbonyl (C=O) groups excluding carboxylic acids is 2. The van der Waals surface area contributed by atoms with E-state index in [1.54, 1.807) is 42.5 Å². The number of aryl methyl sites for hydroxylation is 1. The van der Waals surface area contributed by atoms with Crippen LogP contribution >= 0.6 is 35.0 Å². The number of nitrogens with one attached hydrogen (secondary N) is 2. The van der Waals surface area contributed by atoms with Gasteiger partial charge in [0.25, 0.3) is 5.91 Å². The number of halogens is 2. The Labute approximate surface area is 195 Å². The van der Waals surface area contributed by atoms with Gasteiger partial charge < -0.3 is 15.4 Å². The molecule has 3 rings (SSSR count). The molecule has 2 N–H and O–H groups in total. The molecule has 31 heavy (non-hydrogen) atoms. The third-order valence-electron chi connectivity index (χ3n) is 4.30. The summed E-state index contributed by atoms with van der Waals surface area (Å²) in [6.07, 6.45) is 0. The van der Waals surface area contributed by atoms with Crippen LogP contribution in [0.3, 0.4) is 0 Å². The van der Waals surface area contributed by atoms with Gasteiger partial charge in [0.2, 0.25) is 5.91 Å². The maximum atomic E-state index is 12.4. The Hall–Kier alpha value is -2.67. The number of rotatable bonds is 7. The molecule has 0 fully saturated rings. The lowest BCUT2D eigenvalue weighted by Crippen LogP contribution is -2.15. The van der Waals surface area contributed by atoms with E-state index in [-0.39, 0.29) is 17.6 Å². The van der Waals surface area contributed by atoms with Crippen molar-refractivity contribution in [2.75, 3.05) is 23.5 Å². The smallest absolute Gasteiger partial charge is 0.255 e. The summed E-state index contributed by atoms with van der Waals surface area (Å²) in [5, 5.41) is 6.75. The first-order valence-electron chi connectivity index (χ1n) is 9.29. The Morgan fingerprint density at radius 1 is 1.00 bits per heavy atom. The summed E-state index contributed by atoms with van der Waals surface area (Å²) in [5.41, 5.74) is 2.51. The van der Waals surface area contributed by atoms with E-state index < -0.39 is 0 Å². The van der Waals surface area contributed by atoms with E-state index in [0.29, 0.717) is 32.7 Å². The van der Waals surface area contributed by atoms with Crippen molar-refractivity contribution < 1.29 is 14.3 Å². The number of thioether (sulfide) groups is 1. The molecular weight excluding hydrogens is 455 g/mol. The van der Waals surface area contributed by atoms with Crippen LogP contribution in [0.5, 0.6) is 5.75 Å². The summed E-state index contributed by atoms with van der Waals surface area (Å²) in [7, 11) is 1.52. The fourth-order valence-electron chi connectivity index (χ4n) is 2.76. The summed E-state index contributed by atoms with van der Waals surface area (Å²) in [6.45, 7) is 1.86. The minimum absolute atomic E-state index is 0.182. The lowest BCUT2D eigenvalue weighted by Gasteiger charge is -2.12. The third kappa shape index (κ3) is 6.40. The van der Waals surface area contributed by atoms with Crippen molar-refractivity contribution in [2.24, 2.45) is 0 Å². The van der Waals surface area contributed by atoms with E-state index in [4.69, 9.17) is 27.9 Å². The van der Waals surface area contributed by atoms with Crippen LogP contribution in [0, 0.1) is 6.92 Å². The van der Waals surface area contributed by atoms with Gasteiger partial charge >= 0.3 is 0 Å². The van der Waals surface area contributed by atoms with Gasteiger partial charge in [0.15, 0.2) is 0 Å². The Kier molecular flexibility index (Phi) is 7.85. The topological polar surface area (TPSA) is 67.4 Å². The van der Waals surface area contributed by atoms with E-state index in [0.717, 1.165) is 10.5 Å². The second kappa shape index (κ2) is 10.6. The van der Waals surface area contributed by atoms with E-state index in [2.05, 4.69) is 10.6 Å². The molecule has 3 aromatic carbocycles. The summed E-state index contributed by atoms with van der Waals surface area (Å²) >= 11 is 13.4. The van der Waals surface area contributed by atoms with Crippen LogP contribution in [0.4, 0.5) is 11.4 Å². The second-order valence-electron chi connectivity index (χ2n) is 6.63. The van der Waals surface area contributed by atoms with Crippen LogP contribution < -0.4 is 15.4 Å². The lowest BCUT2D eigenvalue weighted by molar-refractivity contribution is -0.113. The Bertz CT molecular complexity index is 1120. The zero-order chi connectivity index (χ0) is 22.4. The summed E-state index contributed by atoms with van der Waals surface area (Å²) in [4.78, 5) is 25.7. The van der Waals surface area contributed by atoms with E-state index in [1.165, 1.54) is 18.9 Å². The predicted molar refractivity (Wildman–Crippen MR) is 128 cm³/mol. The molecule has 3 aromatic rings. The molecule has 0 radical (unpaired) electrons. The molecule has 0 heterocycles. The SMILES string of the molecule is COc1cc(Cl)c(C)cc1NC(=O)CSc1cccc(NC(=O)c2cccc(Cl)c2)c1. The van der Waals surface area contributed by atoms with Crippen molar-refractivity contribution in [2.45, 2.75) is 11.8 Å². The fourth-order valence-corrected chi connectivity index (χ4v) is 3.86. The second-order valence-corrected chi connectivity index (χ2v) is 8.52. The van der Waals surface area contributed by atoms with E-state index >= 15 is 0 Å². The zero-order valence-corrected chi connectivity index (χ0v) is 19.2. The van der Waals surface area contributed by atoms with Gasteiger partial charge in [0, 0.05) is 32.3 Å². The summed E-state index contributed by atoms with van der Waals surface area (Å²) in [5.74, 6) is 0.252. The number of amides is 2. The number of ether oxygens (including phenoxy) is 1. The molecule has 0 aromatic heterocycles. The normalized spacial score (nSPS) is 10.5. The number of carbonyl (C=O) groups is 2. The van der Waals surface area contributed by atoms with Gasteiger partial charge in [-0.3, -0.25) is 9.59 Å². The van der Waals surface area contributed by atoms with Gasteiger partial charge in [0.1, 0.15) is 5.75 Å². The van der Waals surface area contributed by atoms with E-state index in [1.807, 2.05) is 25.1 Å². The maximum absolute atomic E-state index is 12.4. The molecule has 0 aliphatic carbocycles. The molecule has 2 amide bonds. The van der Waals surface area contributed by atoms with Gasteiger partial charge in [-0.25, -0.2) is 0 Å². The van der Waals surface area contributed by atoms with Crippen molar-refractivity contribution in [3.63, 3.8) is 0 Å². The van der Waals surface area contributed by atoms with Crippen molar-refractivity contribution in [1.82, 2.24) is 0 Å². The van der Waals surface area contributed by atoms with Crippen molar-refractivity contribution in [3.8, 4) is 5.75 Å². The monoisotopic (exact) mass is 474 g/mol. The van der Waals surface area contributed by atoms with Gasteiger partial charge in [-0.2, -0.15) is 0 Å². The van der Waals surface area contributed by atoms with Crippen LogP contribution in [0.1, 0.15) is 15.9 Å². The van der Waals surface area contributed by atoms with Crippen LogP contribution in [0.2, 0.25) is 10.0 Å². The van der Waals surface area contributed by atoms with Gasteiger partial charge in [-0.1, -0.05) is 35.3 Å². The third-order valence-corrected chi connectivity index (χ3v) is 5.94. The van der Waals surface area contributed by atoms with Gasteiger partial charge in [-0.15, -0.1) is 11.8 Å². The highest BCUT2D eigenvalue weighted by atomic mass is 35.5. The van der Waals surface area contributed by atoms with Gasteiger partial charge in [0.05, 0.1) is 18.6 Å². The molecule has 0 bridgehead atoms. The Balaban J connectivity index is 1.61.